The zero-order valence-electron chi connectivity index (χ0n) is 13.4. The number of hydrogen-bond donors (Lipinski definition) is 2. The molecule has 5 heteroatoms. The van der Waals surface area contributed by atoms with Crippen LogP contribution in [0.1, 0.15) is 56.1 Å². The van der Waals surface area contributed by atoms with Crippen molar-refractivity contribution < 1.29 is 4.79 Å². The molecule has 0 radical (unpaired) electrons. The normalized spacial score (nSPS) is 26.9. The molecular formula is C17H25N3O2. The van der Waals surface area contributed by atoms with E-state index >= 15 is 0 Å². The lowest BCUT2D eigenvalue weighted by atomic mass is 9.97. The topological polar surface area (TPSA) is 74.8 Å². The lowest BCUT2D eigenvalue weighted by Gasteiger charge is -2.20. The average Bonchev–Trinajstić information content (AvgIpc) is 3.07. The van der Waals surface area contributed by atoms with Crippen LogP contribution in [-0.4, -0.2) is 21.9 Å². The number of amides is 1. The summed E-state index contributed by atoms with van der Waals surface area (Å²) in [6, 6.07) is 0.308. The molecule has 0 aromatic carbocycles. The minimum Gasteiger partial charge on any atom is -0.353 e. The number of nitrogens with one attached hydrogen (secondary N) is 2. The number of rotatable bonds is 4. The summed E-state index contributed by atoms with van der Waals surface area (Å²) >= 11 is 0. The maximum atomic E-state index is 12.3. The number of aromatic amines is 1. The molecule has 0 unspecified atom stereocenters. The van der Waals surface area contributed by atoms with Crippen LogP contribution in [0.15, 0.2) is 4.79 Å². The fraction of sp³-hybridized carbons (Fsp3) is 0.706. The molecule has 2 aliphatic rings. The SMILES string of the molecule is CCc1nc(C)c(CC(=O)N[C@@H]2CC[C@H]3CCC[C@H]32)c(=O)[nH]1. The van der Waals surface area contributed by atoms with E-state index in [1.54, 1.807) is 6.92 Å². The zero-order valence-corrected chi connectivity index (χ0v) is 13.4. The highest BCUT2D eigenvalue weighted by molar-refractivity contribution is 5.79. The van der Waals surface area contributed by atoms with Gasteiger partial charge in [0, 0.05) is 23.7 Å². The molecular weight excluding hydrogens is 278 g/mol. The van der Waals surface area contributed by atoms with Crippen molar-refractivity contribution in [3.05, 3.63) is 27.4 Å². The fourth-order valence-corrected chi connectivity index (χ4v) is 4.20. The number of nitrogens with zero attached hydrogens (tertiary/aromatic N) is 1. The second-order valence-electron chi connectivity index (χ2n) is 6.71. The summed E-state index contributed by atoms with van der Waals surface area (Å²) in [6.07, 6.45) is 6.99. The molecule has 1 aromatic heterocycles. The Bertz CT molecular complexity index is 623. The maximum Gasteiger partial charge on any atom is 0.254 e. The predicted octanol–water partition coefficient (Wildman–Crippen LogP) is 1.88. The van der Waals surface area contributed by atoms with Crippen LogP contribution >= 0.6 is 0 Å². The van der Waals surface area contributed by atoms with Crippen molar-refractivity contribution in [2.24, 2.45) is 11.8 Å². The van der Waals surface area contributed by atoms with Gasteiger partial charge in [0.25, 0.3) is 5.56 Å². The number of hydrogen-bond acceptors (Lipinski definition) is 3. The van der Waals surface area contributed by atoms with Crippen LogP contribution in [0.3, 0.4) is 0 Å². The van der Waals surface area contributed by atoms with Gasteiger partial charge in [0.05, 0.1) is 6.42 Å². The predicted molar refractivity (Wildman–Crippen MR) is 84.7 cm³/mol. The van der Waals surface area contributed by atoms with Gasteiger partial charge in [-0.05, 0) is 38.0 Å². The van der Waals surface area contributed by atoms with Gasteiger partial charge in [-0.15, -0.1) is 0 Å². The molecule has 1 amide bonds. The van der Waals surface area contributed by atoms with Gasteiger partial charge in [-0.25, -0.2) is 4.98 Å². The van der Waals surface area contributed by atoms with Gasteiger partial charge in [-0.2, -0.15) is 0 Å². The van der Waals surface area contributed by atoms with E-state index in [4.69, 9.17) is 0 Å². The quantitative estimate of drug-likeness (QED) is 0.892. The summed E-state index contributed by atoms with van der Waals surface area (Å²) < 4.78 is 0. The molecule has 0 saturated heterocycles. The van der Waals surface area contributed by atoms with Crippen LogP contribution in [0.2, 0.25) is 0 Å². The van der Waals surface area contributed by atoms with Gasteiger partial charge in [0.2, 0.25) is 5.91 Å². The van der Waals surface area contributed by atoms with E-state index in [0.29, 0.717) is 35.5 Å². The molecule has 3 atom stereocenters. The molecule has 2 saturated carbocycles. The molecule has 2 N–H and O–H groups in total. The molecule has 3 rings (SSSR count). The number of carbonyl (C=O) groups excluding carboxylic acids is 1. The van der Waals surface area contributed by atoms with E-state index < -0.39 is 0 Å². The Morgan fingerprint density at radius 2 is 2.14 bits per heavy atom. The first kappa shape index (κ1) is 15.3. The van der Waals surface area contributed by atoms with Crippen molar-refractivity contribution in [1.29, 1.82) is 0 Å². The van der Waals surface area contributed by atoms with E-state index in [-0.39, 0.29) is 17.9 Å². The van der Waals surface area contributed by atoms with Crippen molar-refractivity contribution >= 4 is 5.91 Å². The summed E-state index contributed by atoms with van der Waals surface area (Å²) in [5.41, 5.74) is 0.987. The van der Waals surface area contributed by atoms with Crippen molar-refractivity contribution in [3.8, 4) is 0 Å². The Morgan fingerprint density at radius 1 is 1.32 bits per heavy atom. The van der Waals surface area contributed by atoms with E-state index in [2.05, 4.69) is 15.3 Å². The monoisotopic (exact) mass is 303 g/mol. The summed E-state index contributed by atoms with van der Waals surface area (Å²) in [7, 11) is 0. The highest BCUT2D eigenvalue weighted by atomic mass is 16.2. The maximum absolute atomic E-state index is 12.3. The number of aryl methyl sites for hydroxylation is 2. The van der Waals surface area contributed by atoms with Crippen molar-refractivity contribution in [2.45, 2.75) is 64.8 Å². The van der Waals surface area contributed by atoms with Crippen LogP contribution in [0.5, 0.6) is 0 Å². The average molecular weight is 303 g/mol. The standard InChI is InChI=1S/C17H25N3O2/c1-3-15-18-10(2)13(17(22)20-15)9-16(21)19-14-8-7-11-5-4-6-12(11)14/h11-12,14H,3-9H2,1-2H3,(H,19,21)(H,18,20,22)/t11-,12-,14-/m1/s1. The number of aromatic nitrogens is 2. The molecule has 2 aliphatic carbocycles. The molecule has 1 aromatic rings. The third-order valence-electron chi connectivity index (χ3n) is 5.37. The van der Waals surface area contributed by atoms with Crippen LogP contribution in [0.25, 0.3) is 0 Å². The van der Waals surface area contributed by atoms with E-state index in [9.17, 15) is 9.59 Å². The summed E-state index contributed by atoms with van der Waals surface area (Å²) in [5.74, 6) is 2.10. The minimum atomic E-state index is -0.176. The smallest absolute Gasteiger partial charge is 0.254 e. The summed E-state index contributed by atoms with van der Waals surface area (Å²) in [5, 5.41) is 3.16. The van der Waals surface area contributed by atoms with Crippen LogP contribution in [0.4, 0.5) is 0 Å². The summed E-state index contributed by atoms with van der Waals surface area (Å²) in [6.45, 7) is 3.75. The third kappa shape index (κ3) is 2.94. The molecule has 5 nitrogen and oxygen atoms in total. The molecule has 2 fully saturated rings. The Hall–Kier alpha value is -1.65. The first-order valence-electron chi connectivity index (χ1n) is 8.46. The molecule has 120 valence electrons. The molecule has 0 spiro atoms. The molecule has 1 heterocycles. The second-order valence-corrected chi connectivity index (χ2v) is 6.71. The zero-order chi connectivity index (χ0) is 15.7. The van der Waals surface area contributed by atoms with Crippen molar-refractivity contribution in [2.75, 3.05) is 0 Å². The van der Waals surface area contributed by atoms with Gasteiger partial charge in [-0.3, -0.25) is 9.59 Å². The van der Waals surface area contributed by atoms with Gasteiger partial charge in [-0.1, -0.05) is 19.8 Å². The lowest BCUT2D eigenvalue weighted by Crippen LogP contribution is -2.39. The molecule has 22 heavy (non-hydrogen) atoms. The molecule has 0 aliphatic heterocycles. The summed E-state index contributed by atoms with van der Waals surface area (Å²) in [4.78, 5) is 31.5. The largest absolute Gasteiger partial charge is 0.353 e. The van der Waals surface area contributed by atoms with Gasteiger partial charge >= 0.3 is 0 Å². The molecule has 0 bridgehead atoms. The van der Waals surface area contributed by atoms with Gasteiger partial charge in [0.15, 0.2) is 0 Å². The van der Waals surface area contributed by atoms with Gasteiger partial charge in [0.1, 0.15) is 5.82 Å². The third-order valence-corrected chi connectivity index (χ3v) is 5.37. The van der Waals surface area contributed by atoms with E-state index in [0.717, 1.165) is 12.3 Å². The Labute approximate surface area is 130 Å². The highest BCUT2D eigenvalue weighted by Gasteiger charge is 2.39. The Morgan fingerprint density at radius 3 is 2.86 bits per heavy atom. The Kier molecular flexibility index (Phi) is 4.32. The number of H-pyrrole nitrogens is 1. The first-order chi connectivity index (χ1) is 10.6. The van der Waals surface area contributed by atoms with Crippen LogP contribution < -0.4 is 10.9 Å². The number of carbonyl (C=O) groups is 1. The lowest BCUT2D eigenvalue weighted by molar-refractivity contribution is -0.121. The first-order valence-corrected chi connectivity index (χ1v) is 8.46. The minimum absolute atomic E-state index is 0.0443. The number of fused-ring (bicyclic) bond motifs is 1. The highest BCUT2D eigenvalue weighted by Crippen LogP contribution is 2.43. The van der Waals surface area contributed by atoms with Crippen LogP contribution in [0, 0.1) is 18.8 Å². The fourth-order valence-electron chi connectivity index (χ4n) is 4.20. The van der Waals surface area contributed by atoms with Crippen LogP contribution in [-0.2, 0) is 17.6 Å². The van der Waals surface area contributed by atoms with Gasteiger partial charge < -0.3 is 10.3 Å². The Balaban J connectivity index is 1.66. The van der Waals surface area contributed by atoms with Crippen molar-refractivity contribution in [1.82, 2.24) is 15.3 Å². The second kappa shape index (κ2) is 6.23. The van der Waals surface area contributed by atoms with E-state index in [1.165, 1.54) is 25.7 Å². The van der Waals surface area contributed by atoms with Crippen molar-refractivity contribution in [3.63, 3.8) is 0 Å². The van der Waals surface area contributed by atoms with E-state index in [1.807, 2.05) is 6.92 Å².